The van der Waals surface area contributed by atoms with E-state index in [1.807, 2.05) is 20.2 Å². The molecule has 2 aliphatic rings. The molecule has 0 atom stereocenters. The maximum absolute atomic E-state index is 6.01. The molecule has 1 fully saturated rings. The zero-order valence-corrected chi connectivity index (χ0v) is 19.9. The second kappa shape index (κ2) is 11.5. The minimum absolute atomic E-state index is 0.608. The van der Waals surface area contributed by atoms with Gasteiger partial charge in [-0.2, -0.15) is 4.41 Å². The predicted molar refractivity (Wildman–Crippen MR) is 130 cm³/mol. The molecule has 32 heavy (non-hydrogen) atoms. The monoisotopic (exact) mass is 455 g/mol. The topological polar surface area (TPSA) is 62.2 Å². The molecule has 2 aromatic rings. The zero-order valence-electron chi connectivity index (χ0n) is 19.0. The summed E-state index contributed by atoms with van der Waals surface area (Å²) in [6.45, 7) is 6.66. The summed E-state index contributed by atoms with van der Waals surface area (Å²) in [5.41, 5.74) is 3.57. The third-order valence-corrected chi connectivity index (χ3v) is 6.80. The van der Waals surface area contributed by atoms with Gasteiger partial charge in [-0.3, -0.25) is 0 Å². The SMILES string of the molecule is CCO/N=C1\CCc2cc(OCCCCCN3CCN3Sc3ccnc(NC)c3)ccc21. The van der Waals surface area contributed by atoms with E-state index in [0.29, 0.717) is 6.61 Å². The fraction of sp³-hybridized carbons (Fsp3) is 0.500. The van der Waals surface area contributed by atoms with Gasteiger partial charge in [-0.15, -0.1) is 0 Å². The third-order valence-electron chi connectivity index (χ3n) is 5.72. The summed E-state index contributed by atoms with van der Waals surface area (Å²) >= 11 is 1.79. The van der Waals surface area contributed by atoms with E-state index in [0.717, 1.165) is 62.8 Å². The number of unbranched alkanes of at least 4 members (excludes halogenated alkanes) is 2. The summed E-state index contributed by atoms with van der Waals surface area (Å²) in [5.74, 6) is 1.87. The maximum atomic E-state index is 6.01. The highest BCUT2D eigenvalue weighted by molar-refractivity contribution is 7.97. The Kier molecular flexibility index (Phi) is 8.25. The lowest BCUT2D eigenvalue weighted by molar-refractivity contribution is -0.0214. The highest BCUT2D eigenvalue weighted by Gasteiger charge is 2.25. The van der Waals surface area contributed by atoms with Gasteiger partial charge in [-0.05, 0) is 86.9 Å². The molecule has 0 radical (unpaired) electrons. The Balaban J connectivity index is 1.12. The van der Waals surface area contributed by atoms with E-state index in [9.17, 15) is 0 Å². The van der Waals surface area contributed by atoms with Crippen LogP contribution in [0, 0.1) is 0 Å². The second-order valence-electron chi connectivity index (χ2n) is 7.93. The van der Waals surface area contributed by atoms with Gasteiger partial charge in [-0.1, -0.05) is 5.16 Å². The van der Waals surface area contributed by atoms with Crippen molar-refractivity contribution in [3.63, 3.8) is 0 Å². The first-order chi connectivity index (χ1) is 15.8. The fourth-order valence-corrected chi connectivity index (χ4v) is 4.89. The molecule has 4 rings (SSSR count). The van der Waals surface area contributed by atoms with Gasteiger partial charge in [0.05, 0.1) is 12.3 Å². The van der Waals surface area contributed by atoms with Crippen LogP contribution in [0.3, 0.4) is 0 Å². The average molecular weight is 456 g/mol. The lowest BCUT2D eigenvalue weighted by Gasteiger charge is -2.42. The number of hydrazine groups is 1. The number of benzene rings is 1. The van der Waals surface area contributed by atoms with Crippen LogP contribution in [0.5, 0.6) is 5.75 Å². The molecule has 1 saturated heterocycles. The van der Waals surface area contributed by atoms with Crippen molar-refractivity contribution in [3.05, 3.63) is 47.7 Å². The van der Waals surface area contributed by atoms with Crippen molar-refractivity contribution in [3.8, 4) is 5.75 Å². The van der Waals surface area contributed by atoms with E-state index in [1.54, 1.807) is 11.9 Å². The Hall–Kier alpha value is -2.29. The summed E-state index contributed by atoms with van der Waals surface area (Å²) in [6, 6.07) is 10.5. The minimum Gasteiger partial charge on any atom is -0.494 e. The minimum atomic E-state index is 0.608. The largest absolute Gasteiger partial charge is 0.494 e. The number of hydrogen-bond donors (Lipinski definition) is 1. The Bertz CT molecular complexity index is 923. The number of hydrogen-bond acceptors (Lipinski definition) is 8. The van der Waals surface area contributed by atoms with E-state index in [4.69, 9.17) is 9.57 Å². The van der Waals surface area contributed by atoms with Gasteiger partial charge < -0.3 is 14.9 Å². The highest BCUT2D eigenvalue weighted by atomic mass is 32.2. The van der Waals surface area contributed by atoms with Crippen LogP contribution in [0.1, 0.15) is 43.7 Å². The van der Waals surface area contributed by atoms with Crippen molar-refractivity contribution in [2.24, 2.45) is 5.16 Å². The Labute approximate surface area is 195 Å². The second-order valence-corrected chi connectivity index (χ2v) is 9.01. The van der Waals surface area contributed by atoms with Gasteiger partial charge in [0.15, 0.2) is 0 Å². The van der Waals surface area contributed by atoms with Gasteiger partial charge in [0.1, 0.15) is 18.2 Å². The molecule has 1 aromatic heterocycles. The standard InChI is InChI=1S/C24H33N5O2S/c1-3-31-27-23-10-7-19-17-20(8-9-22(19)23)30-16-6-4-5-13-28-14-15-29(28)32-21-11-12-26-24(18-21)25-2/h8-9,11-12,17-18H,3-7,10,13-16H2,1-2H3,(H,25,26)/b27-23+. The number of pyridine rings is 1. The smallest absolute Gasteiger partial charge is 0.126 e. The molecule has 0 spiro atoms. The molecule has 2 heterocycles. The molecule has 1 aliphatic heterocycles. The van der Waals surface area contributed by atoms with Crippen LogP contribution in [-0.4, -0.2) is 60.0 Å². The summed E-state index contributed by atoms with van der Waals surface area (Å²) in [6.07, 6.45) is 7.24. The quantitative estimate of drug-likeness (QED) is 0.285. The first-order valence-corrected chi connectivity index (χ1v) is 12.3. The van der Waals surface area contributed by atoms with Gasteiger partial charge in [0, 0.05) is 43.3 Å². The first kappa shape index (κ1) is 22.9. The van der Waals surface area contributed by atoms with Crippen molar-refractivity contribution in [1.29, 1.82) is 0 Å². The number of aryl methyl sites for hydroxylation is 1. The molecule has 8 heteroatoms. The van der Waals surface area contributed by atoms with Gasteiger partial charge in [0.2, 0.25) is 0 Å². The van der Waals surface area contributed by atoms with Crippen LogP contribution in [0.4, 0.5) is 5.82 Å². The molecule has 0 saturated carbocycles. The lowest BCUT2D eigenvalue weighted by Crippen LogP contribution is -2.53. The lowest BCUT2D eigenvalue weighted by atomic mass is 10.1. The molecule has 0 unspecified atom stereocenters. The molecule has 0 bridgehead atoms. The third kappa shape index (κ3) is 5.94. The van der Waals surface area contributed by atoms with Crippen molar-refractivity contribution in [1.82, 2.24) is 14.4 Å². The maximum Gasteiger partial charge on any atom is 0.126 e. The molecule has 1 aliphatic carbocycles. The van der Waals surface area contributed by atoms with Crippen molar-refractivity contribution in [2.75, 3.05) is 45.2 Å². The molecule has 0 amide bonds. The number of nitrogens with zero attached hydrogens (tertiary/aromatic N) is 4. The summed E-state index contributed by atoms with van der Waals surface area (Å²) < 4.78 is 8.35. The first-order valence-electron chi connectivity index (χ1n) is 11.6. The molecule has 7 nitrogen and oxygen atoms in total. The van der Waals surface area contributed by atoms with Crippen LogP contribution < -0.4 is 10.1 Å². The van der Waals surface area contributed by atoms with E-state index in [1.165, 1.54) is 28.9 Å². The van der Waals surface area contributed by atoms with E-state index >= 15 is 0 Å². The van der Waals surface area contributed by atoms with Gasteiger partial charge in [0.25, 0.3) is 0 Å². The van der Waals surface area contributed by atoms with Gasteiger partial charge in [-0.25, -0.2) is 9.99 Å². The van der Waals surface area contributed by atoms with E-state index in [2.05, 4.69) is 55.2 Å². The van der Waals surface area contributed by atoms with Gasteiger partial charge >= 0.3 is 0 Å². The fourth-order valence-electron chi connectivity index (χ4n) is 3.91. The average Bonchev–Trinajstić information content (AvgIpc) is 3.22. The normalized spacial score (nSPS) is 17.2. The highest BCUT2D eigenvalue weighted by Crippen LogP contribution is 2.30. The number of aromatic nitrogens is 1. The van der Waals surface area contributed by atoms with Crippen LogP contribution >= 0.6 is 11.9 Å². The van der Waals surface area contributed by atoms with Crippen LogP contribution in [0.25, 0.3) is 0 Å². The number of nitrogens with one attached hydrogen (secondary N) is 1. The van der Waals surface area contributed by atoms with Crippen LogP contribution in [0.15, 0.2) is 46.6 Å². The molecule has 1 N–H and O–H groups in total. The number of ether oxygens (including phenoxy) is 1. The summed E-state index contributed by atoms with van der Waals surface area (Å²) in [5, 5.41) is 9.75. The van der Waals surface area contributed by atoms with E-state index < -0.39 is 0 Å². The number of oxime groups is 1. The summed E-state index contributed by atoms with van der Waals surface area (Å²) in [7, 11) is 1.90. The summed E-state index contributed by atoms with van der Waals surface area (Å²) in [4.78, 5) is 10.7. The van der Waals surface area contributed by atoms with Crippen molar-refractivity contribution >= 4 is 23.5 Å². The molecule has 1 aromatic carbocycles. The molecular weight excluding hydrogens is 422 g/mol. The van der Waals surface area contributed by atoms with E-state index in [-0.39, 0.29) is 0 Å². The zero-order chi connectivity index (χ0) is 22.2. The number of rotatable bonds is 12. The van der Waals surface area contributed by atoms with Crippen molar-refractivity contribution < 1.29 is 9.57 Å². The Morgan fingerprint density at radius 2 is 2.06 bits per heavy atom. The Morgan fingerprint density at radius 3 is 2.88 bits per heavy atom. The predicted octanol–water partition coefficient (Wildman–Crippen LogP) is 4.60. The number of anilines is 1. The molecule has 172 valence electrons. The molecular formula is C24H33N5O2S. The number of fused-ring (bicyclic) bond motifs is 1. The van der Waals surface area contributed by atoms with Crippen LogP contribution in [0.2, 0.25) is 0 Å². The Morgan fingerprint density at radius 1 is 1.12 bits per heavy atom. The van der Waals surface area contributed by atoms with Crippen molar-refractivity contribution in [2.45, 2.75) is 43.9 Å². The van der Waals surface area contributed by atoms with Crippen LogP contribution in [-0.2, 0) is 11.3 Å².